The van der Waals surface area contributed by atoms with E-state index in [2.05, 4.69) is 15.9 Å². The second-order valence-corrected chi connectivity index (χ2v) is 10.5. The van der Waals surface area contributed by atoms with E-state index in [1.54, 1.807) is 43.5 Å². The summed E-state index contributed by atoms with van der Waals surface area (Å²) in [5.74, 6) is 0.296. The van der Waals surface area contributed by atoms with Gasteiger partial charge in [-0.1, -0.05) is 35.9 Å². The van der Waals surface area contributed by atoms with Crippen molar-refractivity contribution >= 4 is 42.8 Å². The fourth-order valence-electron chi connectivity index (χ4n) is 3.69. The largest absolute Gasteiger partial charge is 0.489 e. The van der Waals surface area contributed by atoms with Crippen LogP contribution in [-0.2, 0) is 32.6 Å². The minimum atomic E-state index is -3.74. The van der Waals surface area contributed by atoms with Crippen LogP contribution in [0.5, 0.6) is 5.75 Å². The van der Waals surface area contributed by atoms with Crippen LogP contribution in [0.15, 0.2) is 82.3 Å². The third kappa shape index (κ3) is 5.03. The molecule has 0 saturated heterocycles. The van der Waals surface area contributed by atoms with Gasteiger partial charge in [-0.15, -0.1) is 0 Å². The van der Waals surface area contributed by atoms with Crippen LogP contribution in [0.3, 0.4) is 0 Å². The molecule has 3 aromatic carbocycles. The number of carbonyl (C=O) groups excluding carboxylic acids is 1. The molecule has 4 aromatic rings. The summed E-state index contributed by atoms with van der Waals surface area (Å²) in [5, 5.41) is 0.767. The molecule has 1 heterocycles. The average Bonchev–Trinajstić information content (AvgIpc) is 3.24. The molecule has 0 bridgehead atoms. The summed E-state index contributed by atoms with van der Waals surface area (Å²) in [5.41, 5.74) is 3.16. The molecule has 0 spiro atoms. The van der Waals surface area contributed by atoms with Crippen LogP contribution in [0, 0.1) is 6.92 Å². The summed E-state index contributed by atoms with van der Waals surface area (Å²) < 4.78 is 39.4. The summed E-state index contributed by atoms with van der Waals surface area (Å²) >= 11 is 3.54. The maximum Gasteiger partial charge on any atom is 0.310 e. The number of hydrogen-bond acceptors (Lipinski definition) is 5. The van der Waals surface area contributed by atoms with Gasteiger partial charge >= 0.3 is 5.97 Å². The molecular weight excluding hydrogens is 518 g/mol. The molecule has 4 rings (SSSR count). The lowest BCUT2D eigenvalue weighted by Gasteiger charge is -2.13. The Morgan fingerprint density at radius 3 is 2.50 bits per heavy atom. The quantitative estimate of drug-likeness (QED) is 0.270. The van der Waals surface area contributed by atoms with E-state index >= 15 is 0 Å². The van der Waals surface area contributed by atoms with E-state index in [4.69, 9.17) is 9.47 Å². The summed E-state index contributed by atoms with van der Waals surface area (Å²) in [4.78, 5) is 12.1. The van der Waals surface area contributed by atoms with Crippen molar-refractivity contribution < 1.29 is 22.7 Å². The highest BCUT2D eigenvalue weighted by molar-refractivity contribution is 9.10. The number of halogens is 1. The molecule has 0 aliphatic rings. The molecule has 0 atom stereocenters. The topological polar surface area (TPSA) is 74.6 Å². The number of fused-ring (bicyclic) bond motifs is 1. The molecule has 34 heavy (non-hydrogen) atoms. The van der Waals surface area contributed by atoms with Crippen molar-refractivity contribution in [1.29, 1.82) is 0 Å². The lowest BCUT2D eigenvalue weighted by atomic mass is 10.1. The Morgan fingerprint density at radius 2 is 1.76 bits per heavy atom. The van der Waals surface area contributed by atoms with Crippen LogP contribution in [0.4, 0.5) is 0 Å². The molecule has 0 amide bonds. The van der Waals surface area contributed by atoms with E-state index in [1.807, 2.05) is 43.3 Å². The van der Waals surface area contributed by atoms with E-state index < -0.39 is 10.0 Å². The number of rotatable bonds is 8. The zero-order chi connectivity index (χ0) is 24.3. The van der Waals surface area contributed by atoms with Crippen molar-refractivity contribution in [2.75, 3.05) is 6.61 Å². The number of aromatic nitrogens is 1. The smallest absolute Gasteiger partial charge is 0.310 e. The lowest BCUT2D eigenvalue weighted by molar-refractivity contribution is -0.142. The number of esters is 1. The van der Waals surface area contributed by atoms with E-state index in [1.165, 1.54) is 3.97 Å². The van der Waals surface area contributed by atoms with Crippen molar-refractivity contribution in [3.05, 3.63) is 94.1 Å². The maximum atomic E-state index is 13.2. The number of para-hydroxylation sites is 1. The zero-order valence-electron chi connectivity index (χ0n) is 18.8. The highest BCUT2D eigenvalue weighted by atomic mass is 79.9. The van der Waals surface area contributed by atoms with E-state index in [-0.39, 0.29) is 23.9 Å². The predicted octanol–water partition coefficient (Wildman–Crippen LogP) is 5.63. The van der Waals surface area contributed by atoms with Crippen molar-refractivity contribution in [2.24, 2.45) is 0 Å². The Balaban J connectivity index is 1.59. The van der Waals surface area contributed by atoms with Crippen molar-refractivity contribution in [3.63, 3.8) is 0 Å². The van der Waals surface area contributed by atoms with Crippen LogP contribution in [-0.4, -0.2) is 25.0 Å². The van der Waals surface area contributed by atoms with Gasteiger partial charge in [0.1, 0.15) is 12.4 Å². The number of carbonyl (C=O) groups is 1. The Labute approximate surface area is 207 Å². The molecule has 0 aliphatic carbocycles. The highest BCUT2D eigenvalue weighted by Crippen LogP contribution is 2.31. The van der Waals surface area contributed by atoms with Crippen LogP contribution in [0.25, 0.3) is 10.9 Å². The minimum absolute atomic E-state index is 0.131. The van der Waals surface area contributed by atoms with Gasteiger partial charge in [-0.05, 0) is 71.7 Å². The monoisotopic (exact) mass is 541 g/mol. The summed E-state index contributed by atoms with van der Waals surface area (Å²) in [7, 11) is -3.74. The maximum absolute atomic E-state index is 13.2. The summed E-state index contributed by atoms with van der Waals surface area (Å²) in [6.07, 6.45) is 1.69. The third-order valence-electron chi connectivity index (χ3n) is 5.35. The molecule has 0 saturated carbocycles. The fourth-order valence-corrected chi connectivity index (χ4v) is 5.89. The molecule has 1 aromatic heterocycles. The van der Waals surface area contributed by atoms with Crippen LogP contribution in [0.2, 0.25) is 0 Å². The van der Waals surface area contributed by atoms with Crippen molar-refractivity contribution in [3.8, 4) is 5.75 Å². The van der Waals surface area contributed by atoms with Gasteiger partial charge in [-0.2, -0.15) is 0 Å². The average molecular weight is 542 g/mol. The Kier molecular flexibility index (Phi) is 7.09. The van der Waals surface area contributed by atoms with Gasteiger partial charge in [0, 0.05) is 21.6 Å². The molecule has 0 radical (unpaired) electrons. The molecule has 176 valence electrons. The van der Waals surface area contributed by atoms with Crippen molar-refractivity contribution in [1.82, 2.24) is 3.97 Å². The molecular formula is C26H24BrNO5S. The van der Waals surface area contributed by atoms with Gasteiger partial charge in [0.25, 0.3) is 10.0 Å². The fraction of sp³-hybridized carbons (Fsp3) is 0.192. The Bertz CT molecular complexity index is 1440. The number of hydrogen-bond donors (Lipinski definition) is 0. The SMILES string of the molecule is CCOC(=O)Cc1ccccc1OCc1cc(Br)c2c(ccn2S(=O)(=O)c2ccc(C)cc2)c1. The van der Waals surface area contributed by atoms with E-state index in [0.29, 0.717) is 22.3 Å². The highest BCUT2D eigenvalue weighted by Gasteiger charge is 2.21. The number of ether oxygens (including phenoxy) is 2. The van der Waals surface area contributed by atoms with Gasteiger partial charge in [0.2, 0.25) is 0 Å². The van der Waals surface area contributed by atoms with Crippen LogP contribution in [0.1, 0.15) is 23.6 Å². The first kappa shape index (κ1) is 24.0. The molecule has 0 N–H and O–H groups in total. The number of aryl methyl sites for hydroxylation is 1. The molecule has 6 nitrogen and oxygen atoms in total. The second-order valence-electron chi connectivity index (χ2n) is 7.82. The Hall–Kier alpha value is -3.10. The lowest BCUT2D eigenvalue weighted by Crippen LogP contribution is -2.12. The standard InChI is InChI=1S/C26H24BrNO5S/c1-3-32-25(29)16-20-6-4-5-7-24(20)33-17-19-14-21-12-13-28(26(21)23(27)15-19)34(30,31)22-10-8-18(2)9-11-22/h4-15H,3,16-17H2,1-2H3. The normalized spacial score (nSPS) is 11.5. The number of benzene rings is 3. The molecule has 0 fully saturated rings. The zero-order valence-corrected chi connectivity index (χ0v) is 21.2. The van der Waals surface area contributed by atoms with Crippen LogP contribution < -0.4 is 4.74 Å². The Morgan fingerprint density at radius 1 is 1.03 bits per heavy atom. The minimum Gasteiger partial charge on any atom is -0.489 e. The van der Waals surface area contributed by atoms with Crippen molar-refractivity contribution in [2.45, 2.75) is 31.8 Å². The second kappa shape index (κ2) is 10.0. The first-order valence-electron chi connectivity index (χ1n) is 10.8. The predicted molar refractivity (Wildman–Crippen MR) is 135 cm³/mol. The van der Waals surface area contributed by atoms with Crippen LogP contribution >= 0.6 is 15.9 Å². The molecule has 0 unspecified atom stereocenters. The third-order valence-corrected chi connectivity index (χ3v) is 7.64. The number of nitrogens with zero attached hydrogens (tertiary/aromatic N) is 1. The first-order valence-corrected chi connectivity index (χ1v) is 13.0. The van der Waals surface area contributed by atoms with Gasteiger partial charge < -0.3 is 9.47 Å². The molecule has 8 heteroatoms. The van der Waals surface area contributed by atoms with Gasteiger partial charge in [-0.25, -0.2) is 12.4 Å². The first-order chi connectivity index (χ1) is 16.3. The molecule has 0 aliphatic heterocycles. The summed E-state index contributed by atoms with van der Waals surface area (Å²) in [6.45, 7) is 4.27. The summed E-state index contributed by atoms with van der Waals surface area (Å²) in [6, 6.07) is 19.6. The van der Waals surface area contributed by atoms with E-state index in [9.17, 15) is 13.2 Å². The van der Waals surface area contributed by atoms with E-state index in [0.717, 1.165) is 22.1 Å². The van der Waals surface area contributed by atoms with Gasteiger partial charge in [-0.3, -0.25) is 4.79 Å². The van der Waals surface area contributed by atoms with Gasteiger partial charge in [0.05, 0.1) is 23.4 Å². The van der Waals surface area contributed by atoms with Gasteiger partial charge in [0.15, 0.2) is 0 Å².